The van der Waals surface area contributed by atoms with Crippen LogP contribution in [0.2, 0.25) is 5.02 Å². The van der Waals surface area contributed by atoms with Crippen molar-refractivity contribution >= 4 is 44.8 Å². The highest BCUT2D eigenvalue weighted by molar-refractivity contribution is 9.10. The molecule has 1 amide bonds. The molecule has 37 heavy (non-hydrogen) atoms. The van der Waals surface area contributed by atoms with Crippen molar-refractivity contribution in [2.45, 2.75) is 24.7 Å². The minimum absolute atomic E-state index is 0.141. The molecule has 4 aromatic rings. The number of halogens is 2. The zero-order valence-corrected chi connectivity index (χ0v) is 22.0. The van der Waals surface area contributed by atoms with Gasteiger partial charge in [0.2, 0.25) is 0 Å². The minimum atomic E-state index is -1.40. The van der Waals surface area contributed by atoms with Crippen molar-refractivity contribution < 1.29 is 9.53 Å². The van der Waals surface area contributed by atoms with E-state index in [0.29, 0.717) is 23.7 Å². The molecule has 0 fully saturated rings. The molecule has 4 aromatic carbocycles. The second kappa shape index (κ2) is 8.47. The normalized spacial score (nSPS) is 21.4. The van der Waals surface area contributed by atoms with Crippen molar-refractivity contribution in [1.82, 2.24) is 5.01 Å². The summed E-state index contributed by atoms with van der Waals surface area (Å²) in [4.78, 5) is 16.3. The SMILES string of the molecule is O=C1N(Cc2ccccc2)c2ccccc2[C@]12Oc1ccc(Br)cc1[C@@H]1CC(c3ccc(Cl)cc3)=NN12. The van der Waals surface area contributed by atoms with E-state index in [-0.39, 0.29) is 11.9 Å². The summed E-state index contributed by atoms with van der Waals surface area (Å²) in [5.41, 5.74) is 4.16. The number of rotatable bonds is 3. The number of hydrogen-bond acceptors (Lipinski definition) is 4. The smallest absolute Gasteiger partial charge is 0.306 e. The summed E-state index contributed by atoms with van der Waals surface area (Å²) in [6.07, 6.45) is 0.643. The molecular weight excluding hydrogens is 550 g/mol. The average Bonchev–Trinajstić information content (AvgIpc) is 3.46. The number of hydrogen-bond donors (Lipinski definition) is 0. The average molecular weight is 571 g/mol. The van der Waals surface area contributed by atoms with Gasteiger partial charge in [-0.2, -0.15) is 5.10 Å². The standard InChI is InChI=1S/C30H21BrClN3O2/c31-21-12-15-28-23(16-21)27-17-25(20-10-13-22(32)14-11-20)33-35(27)30(37-28)24-8-4-5-9-26(24)34(29(30)36)18-19-6-2-1-3-7-19/h1-16,27H,17-18H2/t27-,30-/m0/s1. The van der Waals surface area contributed by atoms with Gasteiger partial charge in [0, 0.05) is 21.5 Å². The fourth-order valence-corrected chi connectivity index (χ4v) is 6.09. The van der Waals surface area contributed by atoms with Crippen LogP contribution in [-0.2, 0) is 17.1 Å². The third kappa shape index (κ3) is 3.43. The lowest BCUT2D eigenvalue weighted by Crippen LogP contribution is -2.57. The fourth-order valence-electron chi connectivity index (χ4n) is 5.58. The summed E-state index contributed by atoms with van der Waals surface area (Å²) >= 11 is 9.77. The van der Waals surface area contributed by atoms with Crippen LogP contribution in [0.15, 0.2) is 107 Å². The zero-order valence-electron chi connectivity index (χ0n) is 19.6. The topological polar surface area (TPSA) is 45.1 Å². The second-order valence-corrected chi connectivity index (χ2v) is 10.8. The summed E-state index contributed by atoms with van der Waals surface area (Å²) in [6, 6.07) is 31.4. The quantitative estimate of drug-likeness (QED) is 0.265. The summed E-state index contributed by atoms with van der Waals surface area (Å²) in [5, 5.41) is 7.64. The number of carbonyl (C=O) groups is 1. The van der Waals surface area contributed by atoms with E-state index in [1.54, 1.807) is 0 Å². The Hall–Kier alpha value is -3.61. The summed E-state index contributed by atoms with van der Waals surface area (Å²) in [7, 11) is 0. The number of amides is 1. The van der Waals surface area contributed by atoms with Gasteiger partial charge in [-0.25, -0.2) is 5.01 Å². The van der Waals surface area contributed by atoms with E-state index in [4.69, 9.17) is 21.4 Å². The van der Waals surface area contributed by atoms with Crippen LogP contribution >= 0.6 is 27.5 Å². The molecule has 3 heterocycles. The maximum Gasteiger partial charge on any atom is 0.306 e. The highest BCUT2D eigenvalue weighted by atomic mass is 79.9. The predicted molar refractivity (Wildman–Crippen MR) is 148 cm³/mol. The van der Waals surface area contributed by atoms with Crippen molar-refractivity contribution in [1.29, 1.82) is 0 Å². The molecular formula is C30H21BrClN3O2. The van der Waals surface area contributed by atoms with Crippen LogP contribution in [0.3, 0.4) is 0 Å². The number of ether oxygens (including phenoxy) is 1. The first-order chi connectivity index (χ1) is 18.0. The Kier molecular flexibility index (Phi) is 5.17. The first-order valence-electron chi connectivity index (χ1n) is 12.1. The van der Waals surface area contributed by atoms with E-state index < -0.39 is 5.72 Å². The number of anilines is 1. The maximum atomic E-state index is 14.5. The van der Waals surface area contributed by atoms with Gasteiger partial charge in [0.05, 0.1) is 29.5 Å². The molecule has 0 aliphatic carbocycles. The van der Waals surface area contributed by atoms with Crippen molar-refractivity contribution in [3.05, 3.63) is 129 Å². The van der Waals surface area contributed by atoms with E-state index in [2.05, 4.69) is 22.0 Å². The van der Waals surface area contributed by atoms with Crippen LogP contribution in [0.1, 0.15) is 34.7 Å². The first kappa shape index (κ1) is 22.6. The van der Waals surface area contributed by atoms with Gasteiger partial charge in [0.1, 0.15) is 5.75 Å². The number of nitrogens with zero attached hydrogens (tertiary/aromatic N) is 3. The Morgan fingerprint density at radius 1 is 0.973 bits per heavy atom. The Morgan fingerprint density at radius 3 is 2.54 bits per heavy atom. The maximum absolute atomic E-state index is 14.5. The number of para-hydroxylation sites is 1. The Morgan fingerprint density at radius 2 is 1.73 bits per heavy atom. The third-order valence-corrected chi connectivity index (χ3v) is 8.02. The van der Waals surface area contributed by atoms with Gasteiger partial charge in [-0.05, 0) is 47.5 Å². The number of hydrazone groups is 1. The molecule has 0 aromatic heterocycles. The monoisotopic (exact) mass is 569 g/mol. The number of carbonyl (C=O) groups excluding carboxylic acids is 1. The third-order valence-electron chi connectivity index (χ3n) is 7.28. The summed E-state index contributed by atoms with van der Waals surface area (Å²) < 4.78 is 7.70. The van der Waals surface area contributed by atoms with E-state index in [0.717, 1.165) is 38.1 Å². The number of benzene rings is 4. The van der Waals surface area contributed by atoms with Gasteiger partial charge >= 0.3 is 5.72 Å². The highest BCUT2D eigenvalue weighted by Crippen LogP contribution is 2.56. The molecule has 0 N–H and O–H groups in total. The van der Waals surface area contributed by atoms with Crippen LogP contribution in [0.4, 0.5) is 5.69 Å². The van der Waals surface area contributed by atoms with Gasteiger partial charge in [0.25, 0.3) is 5.91 Å². The molecule has 182 valence electrons. The van der Waals surface area contributed by atoms with Gasteiger partial charge in [-0.1, -0.05) is 88.2 Å². The minimum Gasteiger partial charge on any atom is -0.453 e. The summed E-state index contributed by atoms with van der Waals surface area (Å²) in [6.45, 7) is 0.446. The molecule has 0 radical (unpaired) electrons. The molecule has 2 atom stereocenters. The Balaban J connectivity index is 1.41. The molecule has 5 nitrogen and oxygen atoms in total. The molecule has 3 aliphatic rings. The molecule has 1 spiro atoms. The number of fused-ring (bicyclic) bond motifs is 6. The zero-order chi connectivity index (χ0) is 25.1. The van der Waals surface area contributed by atoms with Crippen LogP contribution in [0, 0.1) is 0 Å². The van der Waals surface area contributed by atoms with Crippen LogP contribution in [0.25, 0.3) is 0 Å². The largest absolute Gasteiger partial charge is 0.453 e. The van der Waals surface area contributed by atoms with Crippen molar-refractivity contribution in [2.24, 2.45) is 5.10 Å². The van der Waals surface area contributed by atoms with Crippen LogP contribution in [-0.4, -0.2) is 16.6 Å². The molecule has 0 saturated carbocycles. The predicted octanol–water partition coefficient (Wildman–Crippen LogP) is 7.05. The molecule has 0 bridgehead atoms. The van der Waals surface area contributed by atoms with E-state index >= 15 is 0 Å². The van der Waals surface area contributed by atoms with Crippen molar-refractivity contribution in [2.75, 3.05) is 4.90 Å². The van der Waals surface area contributed by atoms with E-state index in [1.807, 2.05) is 101 Å². The van der Waals surface area contributed by atoms with Gasteiger partial charge in [0.15, 0.2) is 0 Å². The lowest BCUT2D eigenvalue weighted by atomic mass is 9.92. The van der Waals surface area contributed by atoms with Crippen molar-refractivity contribution in [3.63, 3.8) is 0 Å². The van der Waals surface area contributed by atoms with Crippen LogP contribution in [0.5, 0.6) is 5.75 Å². The van der Waals surface area contributed by atoms with Gasteiger partial charge in [-0.3, -0.25) is 4.79 Å². The van der Waals surface area contributed by atoms with E-state index in [9.17, 15) is 4.79 Å². The highest BCUT2D eigenvalue weighted by Gasteiger charge is 2.63. The fraction of sp³-hybridized carbons (Fsp3) is 0.133. The molecule has 3 aliphatic heterocycles. The second-order valence-electron chi connectivity index (χ2n) is 9.44. The molecule has 7 heteroatoms. The molecule has 7 rings (SSSR count). The summed E-state index contributed by atoms with van der Waals surface area (Å²) in [5.74, 6) is 0.555. The Labute approximate surface area is 228 Å². The molecule has 0 unspecified atom stereocenters. The first-order valence-corrected chi connectivity index (χ1v) is 13.3. The van der Waals surface area contributed by atoms with Crippen LogP contribution < -0.4 is 9.64 Å². The molecule has 0 saturated heterocycles. The Bertz CT molecular complexity index is 1570. The van der Waals surface area contributed by atoms with Gasteiger partial charge < -0.3 is 9.64 Å². The van der Waals surface area contributed by atoms with Crippen molar-refractivity contribution in [3.8, 4) is 5.75 Å². The lowest BCUT2D eigenvalue weighted by Gasteiger charge is -2.44. The lowest BCUT2D eigenvalue weighted by molar-refractivity contribution is -0.164. The van der Waals surface area contributed by atoms with Gasteiger partial charge in [-0.15, -0.1) is 0 Å². The van der Waals surface area contributed by atoms with E-state index in [1.165, 1.54) is 0 Å².